The zero-order valence-corrected chi connectivity index (χ0v) is 7.61. The van der Waals surface area contributed by atoms with Gasteiger partial charge in [-0.25, -0.2) is 9.48 Å². The van der Waals surface area contributed by atoms with Crippen molar-refractivity contribution in [2.75, 3.05) is 0 Å². The molecular weight excluding hydrogens is 154 g/mol. The molecule has 0 unspecified atom stereocenters. The van der Waals surface area contributed by atoms with E-state index in [-0.39, 0.29) is 5.69 Å². The first-order valence-electron chi connectivity index (χ1n) is 3.83. The van der Waals surface area contributed by atoms with Crippen molar-refractivity contribution in [3.8, 4) is 0 Å². The lowest BCUT2D eigenvalue weighted by molar-refractivity contribution is 0.541. The number of aryl methyl sites for hydroxylation is 1. The third-order valence-electron chi connectivity index (χ3n) is 1.61. The Hall–Kier alpha value is -1.32. The standard InChI is InChI=1S/C8H13N3O/c1-7(2)4-5-11-8(12)9-6-10(11)3/h4,6H,5H2,1-3H3. The zero-order chi connectivity index (χ0) is 9.14. The van der Waals surface area contributed by atoms with E-state index in [0.717, 1.165) is 0 Å². The normalized spacial score (nSPS) is 9.92. The molecule has 4 nitrogen and oxygen atoms in total. The molecule has 1 heterocycles. The van der Waals surface area contributed by atoms with Gasteiger partial charge in [-0.3, -0.25) is 4.68 Å². The highest BCUT2D eigenvalue weighted by Crippen LogP contribution is 1.89. The number of rotatable bonds is 2. The summed E-state index contributed by atoms with van der Waals surface area (Å²) in [7, 11) is 1.80. The summed E-state index contributed by atoms with van der Waals surface area (Å²) in [6, 6.07) is 0. The predicted molar refractivity (Wildman–Crippen MR) is 46.9 cm³/mol. The van der Waals surface area contributed by atoms with Gasteiger partial charge in [0.05, 0.1) is 6.54 Å². The molecule has 0 saturated carbocycles. The Morgan fingerprint density at radius 2 is 2.33 bits per heavy atom. The minimum atomic E-state index is -0.199. The van der Waals surface area contributed by atoms with E-state index in [1.54, 1.807) is 16.4 Å². The number of hydrogen-bond donors (Lipinski definition) is 0. The summed E-state index contributed by atoms with van der Waals surface area (Å²) in [5, 5.41) is 0. The van der Waals surface area contributed by atoms with Crippen LogP contribution in [0.2, 0.25) is 0 Å². The molecule has 0 atom stereocenters. The van der Waals surface area contributed by atoms with Crippen LogP contribution in [0.5, 0.6) is 0 Å². The van der Waals surface area contributed by atoms with Gasteiger partial charge in [-0.15, -0.1) is 0 Å². The van der Waals surface area contributed by atoms with Gasteiger partial charge in [-0.05, 0) is 13.8 Å². The molecule has 0 saturated heterocycles. The minimum absolute atomic E-state index is 0.199. The van der Waals surface area contributed by atoms with Gasteiger partial charge in [0.2, 0.25) is 0 Å². The van der Waals surface area contributed by atoms with E-state index < -0.39 is 0 Å². The lowest BCUT2D eigenvalue weighted by atomic mass is 10.3. The SMILES string of the molecule is CC(C)=CCn1c(=O)ncn1C. The van der Waals surface area contributed by atoms with Crippen molar-refractivity contribution < 1.29 is 0 Å². The maximum atomic E-state index is 11.1. The highest BCUT2D eigenvalue weighted by atomic mass is 16.2. The largest absolute Gasteiger partial charge is 0.364 e. The summed E-state index contributed by atoms with van der Waals surface area (Å²) < 4.78 is 3.24. The number of nitrogens with zero attached hydrogens (tertiary/aromatic N) is 3. The van der Waals surface area contributed by atoms with Gasteiger partial charge in [-0.2, -0.15) is 4.98 Å². The second kappa shape index (κ2) is 3.38. The Morgan fingerprint density at radius 3 is 2.75 bits per heavy atom. The van der Waals surface area contributed by atoms with Gasteiger partial charge >= 0.3 is 5.69 Å². The second-order valence-corrected chi connectivity index (χ2v) is 2.96. The van der Waals surface area contributed by atoms with Crippen LogP contribution in [0.4, 0.5) is 0 Å². The summed E-state index contributed by atoms with van der Waals surface area (Å²) in [6.45, 7) is 4.60. The Bertz CT molecular complexity index is 341. The average molecular weight is 167 g/mol. The molecule has 1 aromatic rings. The topological polar surface area (TPSA) is 39.8 Å². The van der Waals surface area contributed by atoms with Crippen molar-refractivity contribution in [1.29, 1.82) is 0 Å². The molecule has 0 amide bonds. The number of aromatic nitrogens is 3. The first-order chi connectivity index (χ1) is 5.61. The third kappa shape index (κ3) is 1.84. The summed E-state index contributed by atoms with van der Waals surface area (Å²) in [5.74, 6) is 0. The molecular formula is C8H13N3O. The molecule has 0 radical (unpaired) electrons. The summed E-state index contributed by atoms with van der Waals surface area (Å²) in [5.41, 5.74) is 0.998. The van der Waals surface area contributed by atoms with E-state index in [0.29, 0.717) is 6.54 Å². The van der Waals surface area contributed by atoms with Gasteiger partial charge in [0.1, 0.15) is 6.33 Å². The van der Waals surface area contributed by atoms with Crippen molar-refractivity contribution in [1.82, 2.24) is 14.3 Å². The summed E-state index contributed by atoms with van der Waals surface area (Å²) in [6.07, 6.45) is 3.50. The fourth-order valence-corrected chi connectivity index (χ4v) is 0.873. The molecule has 0 spiro atoms. The molecule has 12 heavy (non-hydrogen) atoms. The molecule has 0 bridgehead atoms. The second-order valence-electron chi connectivity index (χ2n) is 2.96. The van der Waals surface area contributed by atoms with E-state index in [1.807, 2.05) is 19.9 Å². The predicted octanol–water partition coefficient (Wildman–Crippen LogP) is 0.548. The maximum absolute atomic E-state index is 11.1. The van der Waals surface area contributed by atoms with Gasteiger partial charge in [-0.1, -0.05) is 11.6 Å². The van der Waals surface area contributed by atoms with Crippen molar-refractivity contribution in [2.24, 2.45) is 7.05 Å². The van der Waals surface area contributed by atoms with Crippen molar-refractivity contribution in [2.45, 2.75) is 20.4 Å². The Balaban J connectivity index is 2.89. The lowest BCUT2D eigenvalue weighted by Crippen LogP contribution is -2.21. The van der Waals surface area contributed by atoms with Crippen LogP contribution in [0.25, 0.3) is 0 Å². The van der Waals surface area contributed by atoms with E-state index in [1.165, 1.54) is 11.9 Å². The van der Waals surface area contributed by atoms with Crippen LogP contribution in [-0.2, 0) is 13.6 Å². The van der Waals surface area contributed by atoms with Crippen LogP contribution < -0.4 is 5.69 Å². The molecule has 0 fully saturated rings. The summed E-state index contributed by atoms with van der Waals surface area (Å²) in [4.78, 5) is 14.7. The number of hydrogen-bond acceptors (Lipinski definition) is 2. The Kier molecular flexibility index (Phi) is 2.47. The smallest absolute Gasteiger partial charge is 0.273 e. The van der Waals surface area contributed by atoms with Crippen molar-refractivity contribution in [3.05, 3.63) is 28.5 Å². The van der Waals surface area contributed by atoms with E-state index >= 15 is 0 Å². The van der Waals surface area contributed by atoms with Gasteiger partial charge in [0.15, 0.2) is 0 Å². The average Bonchev–Trinajstić information content (AvgIpc) is 2.28. The molecule has 0 aliphatic heterocycles. The highest BCUT2D eigenvalue weighted by Gasteiger charge is 1.97. The first kappa shape index (κ1) is 8.77. The molecule has 0 aliphatic carbocycles. The maximum Gasteiger partial charge on any atom is 0.364 e. The van der Waals surface area contributed by atoms with Crippen LogP contribution in [-0.4, -0.2) is 14.3 Å². The van der Waals surface area contributed by atoms with Crippen molar-refractivity contribution in [3.63, 3.8) is 0 Å². The van der Waals surface area contributed by atoms with Gasteiger partial charge < -0.3 is 0 Å². The Labute approximate surface area is 71.1 Å². The zero-order valence-electron chi connectivity index (χ0n) is 7.61. The highest BCUT2D eigenvalue weighted by molar-refractivity contribution is 4.92. The van der Waals surface area contributed by atoms with Crippen LogP contribution >= 0.6 is 0 Å². The monoisotopic (exact) mass is 167 g/mol. The van der Waals surface area contributed by atoms with Gasteiger partial charge in [0, 0.05) is 7.05 Å². The first-order valence-corrected chi connectivity index (χ1v) is 3.83. The lowest BCUT2D eigenvalue weighted by Gasteiger charge is -2.01. The molecule has 0 aromatic carbocycles. The molecule has 0 N–H and O–H groups in total. The van der Waals surface area contributed by atoms with Crippen LogP contribution in [0.3, 0.4) is 0 Å². The minimum Gasteiger partial charge on any atom is -0.273 e. The van der Waals surface area contributed by atoms with Crippen molar-refractivity contribution >= 4 is 0 Å². The number of allylic oxidation sites excluding steroid dienone is 2. The van der Waals surface area contributed by atoms with Gasteiger partial charge in [0.25, 0.3) is 0 Å². The van der Waals surface area contributed by atoms with E-state index in [4.69, 9.17) is 0 Å². The third-order valence-corrected chi connectivity index (χ3v) is 1.61. The Morgan fingerprint density at radius 1 is 1.67 bits per heavy atom. The fourth-order valence-electron chi connectivity index (χ4n) is 0.873. The summed E-state index contributed by atoms with van der Waals surface area (Å²) >= 11 is 0. The quantitative estimate of drug-likeness (QED) is 0.603. The van der Waals surface area contributed by atoms with E-state index in [2.05, 4.69) is 4.98 Å². The van der Waals surface area contributed by atoms with Crippen LogP contribution in [0, 0.1) is 0 Å². The van der Waals surface area contributed by atoms with Crippen LogP contribution in [0.15, 0.2) is 22.8 Å². The van der Waals surface area contributed by atoms with E-state index in [9.17, 15) is 4.79 Å². The molecule has 1 aromatic heterocycles. The molecule has 0 aliphatic rings. The van der Waals surface area contributed by atoms with Crippen LogP contribution in [0.1, 0.15) is 13.8 Å². The molecule has 4 heteroatoms. The molecule has 1 rings (SSSR count). The molecule has 66 valence electrons. The fraction of sp³-hybridized carbons (Fsp3) is 0.500.